The number of rotatable bonds is 8. The van der Waals surface area contributed by atoms with E-state index < -0.39 is 0 Å². The van der Waals surface area contributed by atoms with Crippen LogP contribution in [-0.4, -0.2) is 21.2 Å². The largest absolute Gasteiger partial charge is 0.495 e. The number of imidazole rings is 1. The molecule has 0 spiro atoms. The molecule has 26 heavy (non-hydrogen) atoms. The number of hydrogen-bond acceptors (Lipinski definition) is 3. The van der Waals surface area contributed by atoms with Crippen molar-refractivity contribution < 1.29 is 4.74 Å². The Balaban J connectivity index is 2.14. The predicted octanol–water partition coefficient (Wildman–Crippen LogP) is 4.14. The Hall–Kier alpha value is -2.56. The van der Waals surface area contributed by atoms with E-state index in [4.69, 9.17) is 4.74 Å². The number of hydrogen-bond donors (Lipinski definition) is 0. The zero-order chi connectivity index (χ0) is 18.5. The number of aryl methyl sites for hydroxylation is 2. The molecule has 138 valence electrons. The first-order chi connectivity index (χ1) is 12.7. The first-order valence-electron chi connectivity index (χ1n) is 9.31. The van der Waals surface area contributed by atoms with Gasteiger partial charge in [0.05, 0.1) is 31.1 Å². The summed E-state index contributed by atoms with van der Waals surface area (Å²) in [7, 11) is 1.64. The monoisotopic (exact) mass is 353 g/mol. The molecule has 0 radical (unpaired) electrons. The van der Waals surface area contributed by atoms with Gasteiger partial charge in [0.2, 0.25) is 0 Å². The predicted molar refractivity (Wildman–Crippen MR) is 105 cm³/mol. The fourth-order valence-electron chi connectivity index (χ4n) is 3.45. The van der Waals surface area contributed by atoms with Gasteiger partial charge in [-0.25, -0.2) is 4.98 Å². The highest BCUT2D eigenvalue weighted by Gasteiger charge is 2.18. The van der Waals surface area contributed by atoms with Crippen LogP contribution in [0.4, 0.5) is 0 Å². The third-order valence-corrected chi connectivity index (χ3v) is 4.80. The Bertz CT molecular complexity index is 927. The summed E-state index contributed by atoms with van der Waals surface area (Å²) in [5.74, 6) is 0.673. The fraction of sp³-hybridized carbons (Fsp3) is 0.429. The van der Waals surface area contributed by atoms with Crippen LogP contribution >= 0.6 is 0 Å². The molecule has 0 aliphatic carbocycles. The molecule has 0 fully saturated rings. The Morgan fingerprint density at radius 3 is 2.73 bits per heavy atom. The van der Waals surface area contributed by atoms with Gasteiger partial charge in [0.25, 0.3) is 5.56 Å². The van der Waals surface area contributed by atoms with Crippen LogP contribution in [0.1, 0.15) is 43.7 Å². The lowest BCUT2D eigenvalue weighted by Gasteiger charge is -2.18. The molecule has 0 aliphatic rings. The maximum Gasteiger partial charge on any atom is 0.259 e. The number of fused-ring (bicyclic) bond motifs is 1. The van der Waals surface area contributed by atoms with Gasteiger partial charge in [-0.2, -0.15) is 0 Å². The molecule has 0 amide bonds. The van der Waals surface area contributed by atoms with Gasteiger partial charge in [-0.15, -0.1) is 0 Å². The van der Waals surface area contributed by atoms with E-state index in [1.54, 1.807) is 19.6 Å². The van der Waals surface area contributed by atoms with E-state index >= 15 is 0 Å². The Labute approximate surface area is 154 Å². The van der Waals surface area contributed by atoms with Gasteiger partial charge in [-0.05, 0) is 25.5 Å². The van der Waals surface area contributed by atoms with Crippen LogP contribution in [-0.2, 0) is 13.1 Å². The van der Waals surface area contributed by atoms with Gasteiger partial charge >= 0.3 is 0 Å². The van der Waals surface area contributed by atoms with Crippen LogP contribution in [0.5, 0.6) is 5.75 Å². The van der Waals surface area contributed by atoms with E-state index in [1.807, 2.05) is 21.4 Å². The summed E-state index contributed by atoms with van der Waals surface area (Å²) in [6.07, 6.45) is 9.84. The van der Waals surface area contributed by atoms with Gasteiger partial charge in [0.15, 0.2) is 0 Å². The second kappa shape index (κ2) is 8.21. The highest BCUT2D eigenvalue weighted by molar-refractivity contribution is 5.87. The molecule has 5 heteroatoms. The number of ether oxygens (including phenoxy) is 1. The van der Waals surface area contributed by atoms with E-state index in [9.17, 15) is 4.79 Å². The van der Waals surface area contributed by atoms with Gasteiger partial charge in [0, 0.05) is 24.3 Å². The molecule has 3 rings (SSSR count). The number of aromatic nitrogens is 3. The van der Waals surface area contributed by atoms with Crippen molar-refractivity contribution in [2.45, 2.75) is 52.6 Å². The number of pyridine rings is 1. The zero-order valence-corrected chi connectivity index (χ0v) is 15.9. The lowest BCUT2D eigenvalue weighted by molar-refractivity contribution is 0.410. The normalized spacial score (nSPS) is 11.2. The molecule has 0 saturated carbocycles. The van der Waals surface area contributed by atoms with Crippen LogP contribution in [0.3, 0.4) is 0 Å². The third-order valence-electron chi connectivity index (χ3n) is 4.80. The second-order valence-corrected chi connectivity index (χ2v) is 6.78. The van der Waals surface area contributed by atoms with E-state index in [1.165, 1.54) is 12.8 Å². The van der Waals surface area contributed by atoms with Gasteiger partial charge in [-0.1, -0.05) is 37.8 Å². The average Bonchev–Trinajstić information content (AvgIpc) is 3.14. The van der Waals surface area contributed by atoms with Gasteiger partial charge < -0.3 is 13.9 Å². The first-order valence-corrected chi connectivity index (χ1v) is 9.31. The molecule has 0 bridgehead atoms. The smallest absolute Gasteiger partial charge is 0.259 e. The van der Waals surface area contributed by atoms with Crippen LogP contribution in [0.15, 0.2) is 41.7 Å². The van der Waals surface area contributed by atoms with Crippen molar-refractivity contribution in [1.82, 2.24) is 14.1 Å². The highest BCUT2D eigenvalue weighted by Crippen LogP contribution is 2.29. The molecular formula is C21H27N3O2. The second-order valence-electron chi connectivity index (χ2n) is 6.78. The summed E-state index contributed by atoms with van der Waals surface area (Å²) in [6.45, 7) is 5.45. The van der Waals surface area contributed by atoms with Gasteiger partial charge in [0.1, 0.15) is 5.75 Å². The molecule has 1 aromatic carbocycles. The summed E-state index contributed by atoms with van der Waals surface area (Å²) in [6, 6.07) is 6.20. The molecule has 0 unspecified atom stereocenters. The number of nitrogens with zero attached hydrogens (tertiary/aromatic N) is 3. The van der Waals surface area contributed by atoms with Crippen LogP contribution < -0.4 is 10.3 Å². The van der Waals surface area contributed by atoms with E-state index in [0.29, 0.717) is 17.9 Å². The minimum Gasteiger partial charge on any atom is -0.495 e. The number of benzene rings is 1. The van der Waals surface area contributed by atoms with Crippen molar-refractivity contribution in [3.8, 4) is 5.75 Å². The summed E-state index contributed by atoms with van der Waals surface area (Å²) < 4.78 is 9.52. The van der Waals surface area contributed by atoms with Crippen molar-refractivity contribution in [1.29, 1.82) is 0 Å². The molecule has 5 nitrogen and oxygen atoms in total. The molecule has 3 aromatic rings. The Morgan fingerprint density at radius 1 is 1.19 bits per heavy atom. The lowest BCUT2D eigenvalue weighted by Crippen LogP contribution is -2.26. The standard InChI is InChI=1S/C21H27N3O2/c1-4-5-6-7-11-24-19-9-8-16(2)13-17(19)20(26-3)18(21(24)25)14-23-12-10-22-15-23/h8-10,12-13,15H,4-7,11,14H2,1-3H3. The molecule has 0 N–H and O–H groups in total. The maximum atomic E-state index is 13.3. The van der Waals surface area contributed by atoms with Crippen LogP contribution in [0.25, 0.3) is 10.9 Å². The summed E-state index contributed by atoms with van der Waals surface area (Å²) >= 11 is 0. The fourth-order valence-corrected chi connectivity index (χ4v) is 3.45. The summed E-state index contributed by atoms with van der Waals surface area (Å²) in [5.41, 5.74) is 2.81. The zero-order valence-electron chi connectivity index (χ0n) is 15.9. The summed E-state index contributed by atoms with van der Waals surface area (Å²) in [4.78, 5) is 17.4. The quantitative estimate of drug-likeness (QED) is 0.572. The lowest BCUT2D eigenvalue weighted by atomic mass is 10.1. The molecule has 0 atom stereocenters. The Kier molecular flexibility index (Phi) is 5.76. The van der Waals surface area contributed by atoms with Crippen LogP contribution in [0, 0.1) is 6.92 Å². The van der Waals surface area contributed by atoms with Crippen molar-refractivity contribution in [2.75, 3.05) is 7.11 Å². The topological polar surface area (TPSA) is 49.0 Å². The average molecular weight is 353 g/mol. The van der Waals surface area contributed by atoms with Gasteiger partial charge in [-0.3, -0.25) is 4.79 Å². The SMILES string of the molecule is CCCCCCn1c(=O)c(Cn2ccnc2)c(OC)c2cc(C)ccc21. The van der Waals surface area contributed by atoms with E-state index in [0.717, 1.165) is 35.9 Å². The molecule has 2 aromatic heterocycles. The first kappa shape index (κ1) is 18.2. The minimum absolute atomic E-state index is 0.0309. The summed E-state index contributed by atoms with van der Waals surface area (Å²) in [5, 5.41) is 0.998. The van der Waals surface area contributed by atoms with Crippen molar-refractivity contribution in [3.63, 3.8) is 0 Å². The van der Waals surface area contributed by atoms with Crippen LogP contribution in [0.2, 0.25) is 0 Å². The molecule has 0 aliphatic heterocycles. The number of unbranched alkanes of at least 4 members (excludes halogenated alkanes) is 3. The molecule has 2 heterocycles. The maximum absolute atomic E-state index is 13.3. The van der Waals surface area contributed by atoms with Crippen molar-refractivity contribution in [3.05, 3.63) is 58.4 Å². The highest BCUT2D eigenvalue weighted by atomic mass is 16.5. The molecular weight excluding hydrogens is 326 g/mol. The molecule has 0 saturated heterocycles. The number of methoxy groups -OCH3 is 1. The van der Waals surface area contributed by atoms with E-state index in [2.05, 4.69) is 31.0 Å². The van der Waals surface area contributed by atoms with Crippen molar-refractivity contribution >= 4 is 10.9 Å². The van der Waals surface area contributed by atoms with Crippen molar-refractivity contribution in [2.24, 2.45) is 0 Å². The Morgan fingerprint density at radius 2 is 2.04 bits per heavy atom. The van der Waals surface area contributed by atoms with E-state index in [-0.39, 0.29) is 5.56 Å². The third kappa shape index (κ3) is 3.66. The minimum atomic E-state index is 0.0309.